The van der Waals surface area contributed by atoms with Gasteiger partial charge < -0.3 is 15.4 Å². The number of benzene rings is 1. The summed E-state index contributed by atoms with van der Waals surface area (Å²) in [5.74, 6) is -0.634. The van der Waals surface area contributed by atoms with Crippen LogP contribution in [0.1, 0.15) is 71.9 Å². The van der Waals surface area contributed by atoms with Gasteiger partial charge in [-0.1, -0.05) is 23.9 Å². The maximum Gasteiger partial charge on any atom is 0.408 e. The van der Waals surface area contributed by atoms with E-state index < -0.39 is 21.7 Å². The number of rotatable bonds is 9. The van der Waals surface area contributed by atoms with Crippen molar-refractivity contribution in [3.63, 3.8) is 0 Å². The molecule has 2 atom stereocenters. The van der Waals surface area contributed by atoms with E-state index in [-0.39, 0.29) is 40.0 Å². The third kappa shape index (κ3) is 9.71. The Morgan fingerprint density at radius 1 is 1.10 bits per heavy atom. The smallest absolute Gasteiger partial charge is 0.408 e. The highest BCUT2D eigenvalue weighted by Gasteiger charge is 2.30. The lowest BCUT2D eigenvalue weighted by atomic mass is 9.85. The number of carbonyl (C=O) groups excluding carboxylic acids is 2. The van der Waals surface area contributed by atoms with Crippen LogP contribution >= 0.6 is 27.7 Å². The Morgan fingerprint density at radius 2 is 1.73 bits per heavy atom. The molecule has 0 aliphatic heterocycles. The monoisotopic (exact) mass is 658 g/mol. The third-order valence-electron chi connectivity index (χ3n) is 6.25. The molecule has 1 heterocycles. The second kappa shape index (κ2) is 13.6. The van der Waals surface area contributed by atoms with Gasteiger partial charge in [-0.25, -0.2) is 27.3 Å². The van der Waals surface area contributed by atoms with E-state index in [2.05, 4.69) is 36.3 Å². The molecule has 1 aromatic carbocycles. The molecule has 1 fully saturated rings. The van der Waals surface area contributed by atoms with E-state index in [1.165, 1.54) is 36.2 Å². The molecule has 1 aromatic heterocycles. The predicted octanol–water partition coefficient (Wildman–Crippen LogP) is 5.66. The fraction of sp³-hybridized carbons (Fsp3) is 0.519. The van der Waals surface area contributed by atoms with Gasteiger partial charge in [0.1, 0.15) is 21.3 Å². The molecular weight excluding hydrogens is 623 g/mol. The molecule has 3 rings (SSSR count). The number of aromatic nitrogens is 1. The number of nitrogens with zero attached hydrogens (tertiary/aromatic N) is 1. The molecule has 0 bridgehead atoms. The molecule has 1 unspecified atom stereocenters. The zero-order chi connectivity index (χ0) is 29.7. The van der Waals surface area contributed by atoms with Crippen molar-refractivity contribution in [3.05, 3.63) is 52.4 Å². The molecule has 0 saturated heterocycles. The van der Waals surface area contributed by atoms with Gasteiger partial charge in [0.05, 0.1) is 15.9 Å². The minimum absolute atomic E-state index is 0.0180. The van der Waals surface area contributed by atoms with E-state index in [4.69, 9.17) is 4.74 Å². The minimum atomic E-state index is -3.84. The number of hydrogen-bond donors (Lipinski definition) is 3. The number of halogens is 2. The van der Waals surface area contributed by atoms with Crippen LogP contribution in [0.25, 0.3) is 0 Å². The first-order valence-corrected chi connectivity index (χ1v) is 16.2. The number of hydrogen-bond acceptors (Lipinski definition) is 7. The highest BCUT2D eigenvalue weighted by molar-refractivity contribution is 9.10. The van der Waals surface area contributed by atoms with Crippen LogP contribution in [0.3, 0.4) is 0 Å². The number of nitrogens with one attached hydrogen (secondary N) is 3. The fourth-order valence-corrected chi connectivity index (χ4v) is 7.07. The van der Waals surface area contributed by atoms with Gasteiger partial charge in [-0.05, 0) is 100.0 Å². The van der Waals surface area contributed by atoms with E-state index in [0.717, 1.165) is 5.56 Å². The van der Waals surface area contributed by atoms with Crippen molar-refractivity contribution in [1.29, 1.82) is 0 Å². The van der Waals surface area contributed by atoms with E-state index in [0.29, 0.717) is 35.2 Å². The Morgan fingerprint density at radius 3 is 2.30 bits per heavy atom. The van der Waals surface area contributed by atoms with Crippen molar-refractivity contribution in [1.82, 2.24) is 20.3 Å². The summed E-state index contributed by atoms with van der Waals surface area (Å²) in [6, 6.07) is 6.94. The van der Waals surface area contributed by atoms with Gasteiger partial charge in [0, 0.05) is 18.2 Å². The van der Waals surface area contributed by atoms with Gasteiger partial charge in [0.2, 0.25) is 15.9 Å². The first-order chi connectivity index (χ1) is 18.6. The Bertz CT molecular complexity index is 1300. The summed E-state index contributed by atoms with van der Waals surface area (Å²) in [7, 11) is -3.84. The second-order valence-electron chi connectivity index (χ2n) is 10.8. The summed E-state index contributed by atoms with van der Waals surface area (Å²) in [6.07, 6.45) is 2.88. The van der Waals surface area contributed by atoms with Gasteiger partial charge in [-0.3, -0.25) is 4.79 Å². The SMILES string of the molecule is CC(NC(=O)OC(C)(C)C)Sc1ncc(S(=O)(=O)NC2CCC(C(=O)N[C@H](C)c3ccc(F)cc3)CC2)cc1Br. The molecule has 1 aliphatic carbocycles. The molecule has 1 aliphatic rings. The summed E-state index contributed by atoms with van der Waals surface area (Å²) in [5, 5.41) is 5.83. The molecule has 13 heteroatoms. The number of sulfonamides is 1. The molecule has 40 heavy (non-hydrogen) atoms. The molecule has 3 N–H and O–H groups in total. The van der Waals surface area contributed by atoms with Crippen LogP contribution in [0.15, 0.2) is 50.9 Å². The topological polar surface area (TPSA) is 126 Å². The fourth-order valence-electron chi connectivity index (χ4n) is 4.24. The number of ether oxygens (including phenoxy) is 1. The van der Waals surface area contributed by atoms with Crippen LogP contribution in [0, 0.1) is 11.7 Å². The normalized spacial score (nSPS) is 19.4. The zero-order valence-electron chi connectivity index (χ0n) is 23.2. The van der Waals surface area contributed by atoms with Crippen LogP contribution in [0.2, 0.25) is 0 Å². The van der Waals surface area contributed by atoms with Crippen molar-refractivity contribution in [2.45, 2.75) is 93.3 Å². The van der Waals surface area contributed by atoms with Gasteiger partial charge in [-0.2, -0.15) is 0 Å². The molecule has 9 nitrogen and oxygen atoms in total. The Balaban J connectivity index is 1.51. The summed E-state index contributed by atoms with van der Waals surface area (Å²) in [4.78, 5) is 29.1. The van der Waals surface area contributed by atoms with Crippen LogP contribution in [-0.4, -0.2) is 42.4 Å². The van der Waals surface area contributed by atoms with E-state index in [9.17, 15) is 22.4 Å². The van der Waals surface area contributed by atoms with Crippen molar-refractivity contribution in [3.8, 4) is 0 Å². The average Bonchev–Trinajstić information content (AvgIpc) is 2.84. The molecule has 1 saturated carbocycles. The number of amides is 2. The Kier molecular flexibility index (Phi) is 11.0. The zero-order valence-corrected chi connectivity index (χ0v) is 26.4. The highest BCUT2D eigenvalue weighted by Crippen LogP contribution is 2.31. The second-order valence-corrected chi connectivity index (χ2v) is 14.7. The maximum absolute atomic E-state index is 13.2. The number of alkyl carbamates (subject to hydrolysis) is 1. The number of pyridine rings is 1. The molecule has 220 valence electrons. The third-order valence-corrected chi connectivity index (χ3v) is 9.62. The molecule has 0 radical (unpaired) electrons. The van der Waals surface area contributed by atoms with E-state index >= 15 is 0 Å². The Hall–Kier alpha value is -2.22. The molecule has 2 aromatic rings. The van der Waals surface area contributed by atoms with Crippen molar-refractivity contribution in [2.75, 3.05) is 0 Å². The Labute approximate surface area is 248 Å². The number of carbonyl (C=O) groups is 2. The molecule has 0 spiro atoms. The van der Waals surface area contributed by atoms with Gasteiger partial charge in [-0.15, -0.1) is 0 Å². The number of thioether (sulfide) groups is 1. The highest BCUT2D eigenvalue weighted by atomic mass is 79.9. The van der Waals surface area contributed by atoms with Crippen molar-refractivity contribution in [2.24, 2.45) is 5.92 Å². The standard InChI is InChI=1S/C27H36BrFN4O5S2/c1-16(18-6-10-20(29)11-7-18)31-24(34)19-8-12-21(13-9-19)33-40(36,37)22-14-23(28)25(30-15-22)39-17(2)32-26(35)38-27(3,4)5/h6-7,10-11,14-17,19,21,33H,8-9,12-13H2,1-5H3,(H,31,34)(H,32,35)/t16-,17?,19?,21?/m1/s1. The van der Waals surface area contributed by atoms with E-state index in [1.54, 1.807) is 39.8 Å². The largest absolute Gasteiger partial charge is 0.444 e. The van der Waals surface area contributed by atoms with Crippen LogP contribution in [0.4, 0.5) is 9.18 Å². The minimum Gasteiger partial charge on any atom is -0.444 e. The summed E-state index contributed by atoms with van der Waals surface area (Å²) in [6.45, 7) is 8.94. The van der Waals surface area contributed by atoms with Crippen LogP contribution in [0.5, 0.6) is 0 Å². The van der Waals surface area contributed by atoms with Crippen molar-refractivity contribution < 1.29 is 27.1 Å². The maximum atomic E-state index is 13.2. The van der Waals surface area contributed by atoms with Crippen LogP contribution in [-0.2, 0) is 19.6 Å². The first-order valence-electron chi connectivity index (χ1n) is 13.0. The summed E-state index contributed by atoms with van der Waals surface area (Å²) < 4.78 is 47.7. The van der Waals surface area contributed by atoms with Crippen LogP contribution < -0.4 is 15.4 Å². The lowest BCUT2D eigenvalue weighted by Gasteiger charge is -2.29. The lowest BCUT2D eigenvalue weighted by molar-refractivity contribution is -0.126. The van der Waals surface area contributed by atoms with Gasteiger partial charge >= 0.3 is 6.09 Å². The summed E-state index contributed by atoms with van der Waals surface area (Å²) >= 11 is 4.64. The van der Waals surface area contributed by atoms with E-state index in [1.807, 2.05) is 6.92 Å². The van der Waals surface area contributed by atoms with Gasteiger partial charge in [0.15, 0.2) is 0 Å². The first kappa shape index (κ1) is 32.3. The summed E-state index contributed by atoms with van der Waals surface area (Å²) in [5.41, 5.74) is 0.195. The average molecular weight is 660 g/mol. The molecular formula is C27H36BrFN4O5S2. The predicted molar refractivity (Wildman–Crippen MR) is 156 cm³/mol. The molecule has 2 amide bonds. The quantitative estimate of drug-likeness (QED) is 0.234. The van der Waals surface area contributed by atoms with Gasteiger partial charge in [0.25, 0.3) is 0 Å². The lowest BCUT2D eigenvalue weighted by Crippen LogP contribution is -2.41. The van der Waals surface area contributed by atoms with Crippen molar-refractivity contribution >= 4 is 49.7 Å².